The summed E-state index contributed by atoms with van der Waals surface area (Å²) in [6, 6.07) is 0. The van der Waals surface area contributed by atoms with Crippen molar-refractivity contribution in [1.29, 1.82) is 0 Å². The Labute approximate surface area is 153 Å². The fraction of sp³-hybridized carbons (Fsp3) is 0.786. The molecule has 146 valence electrons. The summed E-state index contributed by atoms with van der Waals surface area (Å²) in [5, 5.41) is 14.0. The Bertz CT molecular complexity index is 452. The maximum Gasteiger partial charge on any atom is 0.230 e. The molecule has 9 nitrogen and oxygen atoms in total. The second-order valence-electron chi connectivity index (χ2n) is 5.38. The molecule has 0 bridgehead atoms. The van der Waals surface area contributed by atoms with Gasteiger partial charge in [0.1, 0.15) is 0 Å². The van der Waals surface area contributed by atoms with Crippen molar-refractivity contribution in [3.63, 3.8) is 0 Å². The summed E-state index contributed by atoms with van der Waals surface area (Å²) < 4.78 is 12.9. The fourth-order valence-electron chi connectivity index (χ4n) is 1.88. The highest BCUT2D eigenvalue weighted by Crippen LogP contribution is 2.35. The second kappa shape index (κ2) is 14.1. The SMILES string of the molecule is CSCC(=O)NCCNP(=O)(CCCNC(C)=O)NCCNC(C)=O. The first-order valence-electron chi connectivity index (χ1n) is 8.13. The third-order valence-electron chi connectivity index (χ3n) is 2.98. The van der Waals surface area contributed by atoms with Crippen LogP contribution in [-0.2, 0) is 18.9 Å². The van der Waals surface area contributed by atoms with E-state index in [-0.39, 0.29) is 17.7 Å². The number of nitrogens with one attached hydrogen (secondary N) is 5. The molecule has 0 aromatic heterocycles. The van der Waals surface area contributed by atoms with Gasteiger partial charge in [-0.15, -0.1) is 0 Å². The lowest BCUT2D eigenvalue weighted by atomic mass is 10.5. The van der Waals surface area contributed by atoms with Gasteiger partial charge in [-0.1, -0.05) is 0 Å². The van der Waals surface area contributed by atoms with E-state index in [9.17, 15) is 18.9 Å². The molecule has 0 saturated carbocycles. The summed E-state index contributed by atoms with van der Waals surface area (Å²) >= 11 is 1.44. The molecule has 0 aliphatic carbocycles. The minimum absolute atomic E-state index is 0.0617. The highest BCUT2D eigenvalue weighted by atomic mass is 32.2. The largest absolute Gasteiger partial charge is 0.356 e. The first-order valence-corrected chi connectivity index (χ1v) is 11.4. The van der Waals surface area contributed by atoms with Gasteiger partial charge in [-0.3, -0.25) is 29.1 Å². The van der Waals surface area contributed by atoms with Gasteiger partial charge in [-0.25, -0.2) is 0 Å². The predicted molar refractivity (Wildman–Crippen MR) is 102 cm³/mol. The smallest absolute Gasteiger partial charge is 0.230 e. The second-order valence-corrected chi connectivity index (χ2v) is 8.81. The average molecular weight is 395 g/mol. The van der Waals surface area contributed by atoms with Gasteiger partial charge in [0.05, 0.1) is 5.75 Å². The van der Waals surface area contributed by atoms with Crippen molar-refractivity contribution in [2.24, 2.45) is 0 Å². The van der Waals surface area contributed by atoms with Gasteiger partial charge in [-0.2, -0.15) is 11.8 Å². The van der Waals surface area contributed by atoms with Crippen LogP contribution in [0.15, 0.2) is 0 Å². The highest BCUT2D eigenvalue weighted by molar-refractivity contribution is 7.99. The Morgan fingerprint density at radius 2 is 1.36 bits per heavy atom. The minimum Gasteiger partial charge on any atom is -0.356 e. The monoisotopic (exact) mass is 395 g/mol. The summed E-state index contributed by atoms with van der Waals surface area (Å²) in [4.78, 5) is 33.1. The van der Waals surface area contributed by atoms with Crippen LogP contribution in [0.2, 0.25) is 0 Å². The average Bonchev–Trinajstić information content (AvgIpc) is 2.53. The predicted octanol–water partition coefficient (Wildman–Crippen LogP) is -0.500. The first kappa shape index (κ1) is 23.9. The van der Waals surface area contributed by atoms with Crippen molar-refractivity contribution >= 4 is 36.9 Å². The lowest BCUT2D eigenvalue weighted by Crippen LogP contribution is -2.37. The van der Waals surface area contributed by atoms with E-state index in [0.29, 0.717) is 51.1 Å². The van der Waals surface area contributed by atoms with E-state index in [1.54, 1.807) is 0 Å². The number of thioether (sulfide) groups is 1. The quantitative estimate of drug-likeness (QED) is 0.198. The number of rotatable bonds is 14. The lowest BCUT2D eigenvalue weighted by molar-refractivity contribution is -0.119. The molecular weight excluding hydrogens is 365 g/mol. The fourth-order valence-corrected chi connectivity index (χ4v) is 4.22. The summed E-state index contributed by atoms with van der Waals surface area (Å²) in [5.41, 5.74) is 0. The molecule has 0 heterocycles. The van der Waals surface area contributed by atoms with Crippen molar-refractivity contribution in [2.75, 3.05) is 50.9 Å². The summed E-state index contributed by atoms with van der Waals surface area (Å²) in [6.07, 6.45) is 2.75. The van der Waals surface area contributed by atoms with Gasteiger partial charge >= 0.3 is 0 Å². The molecule has 5 N–H and O–H groups in total. The van der Waals surface area contributed by atoms with Crippen LogP contribution < -0.4 is 26.1 Å². The molecule has 0 aromatic carbocycles. The third kappa shape index (κ3) is 14.9. The highest BCUT2D eigenvalue weighted by Gasteiger charge is 2.20. The maximum atomic E-state index is 12.9. The first-order chi connectivity index (χ1) is 11.8. The standard InChI is InChI=1S/C14H30N5O4PS/c1-12(20)15-5-4-10-24(23,18-8-6-16-13(2)21)19-9-7-17-14(22)11-25-3/h4-11H2,1-3H3,(H,15,20)(H,16,21)(H,17,22)(H2,18,19,23). The zero-order chi connectivity index (χ0) is 19.1. The Morgan fingerprint density at radius 1 is 0.840 bits per heavy atom. The van der Waals surface area contributed by atoms with Crippen LogP contribution in [0.4, 0.5) is 0 Å². The van der Waals surface area contributed by atoms with Crippen LogP contribution in [0.3, 0.4) is 0 Å². The van der Waals surface area contributed by atoms with Gasteiger partial charge in [-0.05, 0) is 12.7 Å². The van der Waals surface area contributed by atoms with Crippen molar-refractivity contribution < 1.29 is 18.9 Å². The molecule has 25 heavy (non-hydrogen) atoms. The van der Waals surface area contributed by atoms with Crippen molar-refractivity contribution in [2.45, 2.75) is 20.3 Å². The van der Waals surface area contributed by atoms with Gasteiger partial charge in [0.15, 0.2) is 0 Å². The molecule has 0 aromatic rings. The van der Waals surface area contributed by atoms with Crippen LogP contribution in [0.5, 0.6) is 0 Å². The molecule has 0 rings (SSSR count). The van der Waals surface area contributed by atoms with E-state index in [1.165, 1.54) is 25.6 Å². The molecule has 1 atom stereocenters. The number of carbonyl (C=O) groups is 3. The van der Waals surface area contributed by atoms with Crippen LogP contribution >= 0.6 is 19.2 Å². The number of hydrogen-bond donors (Lipinski definition) is 5. The Kier molecular flexibility index (Phi) is 13.5. The van der Waals surface area contributed by atoms with Crippen LogP contribution in [-0.4, -0.2) is 68.6 Å². The van der Waals surface area contributed by atoms with E-state index >= 15 is 0 Å². The molecule has 11 heteroatoms. The van der Waals surface area contributed by atoms with Gasteiger partial charge in [0.2, 0.25) is 25.2 Å². The molecule has 0 aliphatic rings. The Hall–Kier alpha value is -1.09. The van der Waals surface area contributed by atoms with E-state index in [4.69, 9.17) is 0 Å². The Morgan fingerprint density at radius 3 is 1.88 bits per heavy atom. The maximum absolute atomic E-state index is 12.9. The molecule has 1 unspecified atom stereocenters. The third-order valence-corrected chi connectivity index (χ3v) is 5.95. The summed E-state index contributed by atoms with van der Waals surface area (Å²) in [7, 11) is -2.87. The Balaban J connectivity index is 4.29. The zero-order valence-electron chi connectivity index (χ0n) is 15.1. The number of carbonyl (C=O) groups excluding carboxylic acids is 3. The van der Waals surface area contributed by atoms with E-state index < -0.39 is 7.44 Å². The van der Waals surface area contributed by atoms with Crippen LogP contribution in [0, 0.1) is 0 Å². The van der Waals surface area contributed by atoms with Crippen molar-refractivity contribution in [1.82, 2.24) is 26.1 Å². The van der Waals surface area contributed by atoms with Gasteiger partial charge in [0.25, 0.3) is 0 Å². The molecule has 0 spiro atoms. The van der Waals surface area contributed by atoms with E-state index in [2.05, 4.69) is 26.1 Å². The zero-order valence-corrected chi connectivity index (χ0v) is 16.9. The normalized spacial score (nSPS) is 12.9. The van der Waals surface area contributed by atoms with Crippen LogP contribution in [0.25, 0.3) is 0 Å². The molecule has 0 aliphatic heterocycles. The van der Waals surface area contributed by atoms with Gasteiger partial charge < -0.3 is 16.0 Å². The molecule has 3 amide bonds. The molecule has 0 radical (unpaired) electrons. The molecule has 0 fully saturated rings. The molecular formula is C14H30N5O4PS. The van der Waals surface area contributed by atoms with Crippen LogP contribution in [0.1, 0.15) is 20.3 Å². The number of amides is 3. The van der Waals surface area contributed by atoms with Crippen molar-refractivity contribution in [3.8, 4) is 0 Å². The molecule has 0 saturated heterocycles. The summed E-state index contributed by atoms with van der Waals surface area (Å²) in [6.45, 7) is 4.77. The minimum atomic E-state index is -2.87. The van der Waals surface area contributed by atoms with E-state index in [0.717, 1.165) is 0 Å². The summed E-state index contributed by atoms with van der Waals surface area (Å²) in [5.74, 6) is 0.0571. The lowest BCUT2D eigenvalue weighted by Gasteiger charge is -2.21. The van der Waals surface area contributed by atoms with E-state index in [1.807, 2.05) is 6.26 Å². The van der Waals surface area contributed by atoms with Gasteiger partial charge in [0, 0.05) is 52.7 Å². The number of hydrogen-bond acceptors (Lipinski definition) is 5. The van der Waals surface area contributed by atoms with Crippen molar-refractivity contribution in [3.05, 3.63) is 0 Å². The topological polar surface area (TPSA) is 128 Å².